The van der Waals surface area contributed by atoms with Gasteiger partial charge in [0, 0.05) is 9.11 Å². The van der Waals surface area contributed by atoms with E-state index in [4.69, 9.17) is 4.74 Å². The van der Waals surface area contributed by atoms with Gasteiger partial charge >= 0.3 is 0 Å². The Morgan fingerprint density at radius 3 is 2.59 bits per heavy atom. The molecule has 0 heterocycles. The molecule has 17 heavy (non-hydrogen) atoms. The van der Waals surface area contributed by atoms with Crippen LogP contribution in [0, 0.1) is 3.57 Å². The number of amides is 1. The molecule has 0 aromatic heterocycles. The van der Waals surface area contributed by atoms with Crippen molar-refractivity contribution < 1.29 is 9.53 Å². The van der Waals surface area contributed by atoms with Crippen molar-refractivity contribution in [2.45, 2.75) is 39.3 Å². The summed E-state index contributed by atoms with van der Waals surface area (Å²) in [5.41, 5.74) is -0.236. The molecule has 0 aliphatic carbocycles. The summed E-state index contributed by atoms with van der Waals surface area (Å²) < 4.78 is 6.67. The van der Waals surface area contributed by atoms with Crippen molar-refractivity contribution in [1.29, 1.82) is 0 Å². The summed E-state index contributed by atoms with van der Waals surface area (Å²) in [6, 6.07) is 7.64. The lowest BCUT2D eigenvalue weighted by molar-refractivity contribution is -0.128. The van der Waals surface area contributed by atoms with E-state index in [0.717, 1.165) is 3.57 Å². The molecule has 0 saturated heterocycles. The third-order valence-corrected chi connectivity index (χ3v) is 2.65. The van der Waals surface area contributed by atoms with E-state index in [9.17, 15) is 4.79 Å². The van der Waals surface area contributed by atoms with Crippen LogP contribution in [0.5, 0.6) is 5.75 Å². The number of benzene rings is 1. The Bertz CT molecular complexity index is 399. The van der Waals surface area contributed by atoms with E-state index in [1.165, 1.54) is 0 Å². The monoisotopic (exact) mass is 347 g/mol. The first-order chi connectivity index (χ1) is 7.78. The second-order valence-corrected chi connectivity index (χ2v) is 6.20. The predicted octanol–water partition coefficient (Wildman–Crippen LogP) is 2.97. The molecule has 3 nitrogen and oxygen atoms in total. The number of hydrogen-bond donors (Lipinski definition) is 1. The van der Waals surface area contributed by atoms with E-state index in [0.29, 0.717) is 5.75 Å². The molecule has 4 heteroatoms. The molecule has 0 fully saturated rings. The maximum absolute atomic E-state index is 11.8. The van der Waals surface area contributed by atoms with Gasteiger partial charge in [0.25, 0.3) is 5.91 Å². The maximum atomic E-state index is 11.8. The zero-order chi connectivity index (χ0) is 13.1. The van der Waals surface area contributed by atoms with E-state index < -0.39 is 6.10 Å². The molecule has 1 atom stereocenters. The van der Waals surface area contributed by atoms with Crippen molar-refractivity contribution >= 4 is 28.5 Å². The van der Waals surface area contributed by atoms with Crippen molar-refractivity contribution in [2.75, 3.05) is 0 Å². The van der Waals surface area contributed by atoms with Crippen LogP contribution in [-0.4, -0.2) is 17.6 Å². The average molecular weight is 347 g/mol. The molecule has 1 rings (SSSR count). The number of ether oxygens (including phenoxy) is 1. The van der Waals surface area contributed by atoms with Crippen LogP contribution in [0.25, 0.3) is 0 Å². The van der Waals surface area contributed by atoms with Gasteiger partial charge in [-0.05, 0) is 68.5 Å². The van der Waals surface area contributed by atoms with Gasteiger partial charge in [-0.3, -0.25) is 4.79 Å². The van der Waals surface area contributed by atoms with Gasteiger partial charge in [0.2, 0.25) is 0 Å². The molecule has 0 aliphatic heterocycles. The fourth-order valence-electron chi connectivity index (χ4n) is 1.27. The van der Waals surface area contributed by atoms with Crippen molar-refractivity contribution in [1.82, 2.24) is 5.32 Å². The Morgan fingerprint density at radius 2 is 2.06 bits per heavy atom. The number of nitrogens with one attached hydrogen (secondary N) is 1. The Kier molecular flexibility index (Phi) is 4.80. The van der Waals surface area contributed by atoms with E-state index in [-0.39, 0.29) is 11.4 Å². The SMILES string of the molecule is CC(Oc1cccc(I)c1)C(=O)NC(C)(C)C. The minimum absolute atomic E-state index is 0.101. The molecule has 0 aliphatic rings. The molecular weight excluding hydrogens is 329 g/mol. The smallest absolute Gasteiger partial charge is 0.261 e. The van der Waals surface area contributed by atoms with Gasteiger partial charge in [0.15, 0.2) is 6.10 Å². The summed E-state index contributed by atoms with van der Waals surface area (Å²) in [6.07, 6.45) is -0.493. The van der Waals surface area contributed by atoms with Gasteiger partial charge in [-0.25, -0.2) is 0 Å². The summed E-state index contributed by atoms with van der Waals surface area (Å²) in [5, 5.41) is 2.89. The minimum Gasteiger partial charge on any atom is -0.481 e. The highest BCUT2D eigenvalue weighted by Crippen LogP contribution is 2.16. The highest BCUT2D eigenvalue weighted by Gasteiger charge is 2.20. The molecule has 0 bridgehead atoms. The van der Waals surface area contributed by atoms with E-state index >= 15 is 0 Å². The van der Waals surface area contributed by atoms with E-state index in [1.807, 2.05) is 45.0 Å². The lowest BCUT2D eigenvalue weighted by Gasteiger charge is -2.23. The van der Waals surface area contributed by atoms with Crippen molar-refractivity contribution in [2.24, 2.45) is 0 Å². The second kappa shape index (κ2) is 5.71. The normalized spacial score (nSPS) is 13.0. The Balaban J connectivity index is 2.60. The Morgan fingerprint density at radius 1 is 1.41 bits per heavy atom. The highest BCUT2D eigenvalue weighted by molar-refractivity contribution is 14.1. The number of hydrogen-bond acceptors (Lipinski definition) is 2. The third-order valence-electron chi connectivity index (χ3n) is 1.98. The topological polar surface area (TPSA) is 38.3 Å². The summed E-state index contributed by atoms with van der Waals surface area (Å²) in [4.78, 5) is 11.8. The first-order valence-electron chi connectivity index (χ1n) is 5.52. The molecule has 1 unspecified atom stereocenters. The number of halogens is 1. The van der Waals surface area contributed by atoms with Crippen LogP contribution in [0.1, 0.15) is 27.7 Å². The van der Waals surface area contributed by atoms with Crippen LogP contribution in [0.3, 0.4) is 0 Å². The largest absolute Gasteiger partial charge is 0.481 e. The quantitative estimate of drug-likeness (QED) is 0.854. The molecule has 0 saturated carbocycles. The number of carbonyl (C=O) groups excluding carboxylic acids is 1. The average Bonchev–Trinajstić information content (AvgIpc) is 2.14. The lowest BCUT2D eigenvalue weighted by Crippen LogP contribution is -2.46. The van der Waals surface area contributed by atoms with Gasteiger partial charge in [0.1, 0.15) is 5.75 Å². The first-order valence-corrected chi connectivity index (χ1v) is 6.60. The van der Waals surface area contributed by atoms with Gasteiger partial charge in [-0.2, -0.15) is 0 Å². The zero-order valence-electron chi connectivity index (χ0n) is 10.6. The van der Waals surface area contributed by atoms with Crippen molar-refractivity contribution in [3.63, 3.8) is 0 Å². The molecule has 1 amide bonds. The molecular formula is C13H18INO2. The zero-order valence-corrected chi connectivity index (χ0v) is 12.7. The molecule has 94 valence electrons. The standard InChI is InChI=1S/C13H18INO2/c1-9(12(16)15-13(2,3)4)17-11-7-5-6-10(14)8-11/h5-9H,1-4H3,(H,15,16). The maximum Gasteiger partial charge on any atom is 0.261 e. The molecule has 1 aromatic rings. The van der Waals surface area contributed by atoms with Crippen molar-refractivity contribution in [3.05, 3.63) is 27.8 Å². The predicted molar refractivity (Wildman–Crippen MR) is 77.1 cm³/mol. The summed E-state index contributed by atoms with van der Waals surface area (Å²) in [5.74, 6) is 0.616. The molecule has 1 N–H and O–H groups in total. The van der Waals surface area contributed by atoms with Crippen LogP contribution in [0.4, 0.5) is 0 Å². The minimum atomic E-state index is -0.493. The van der Waals surface area contributed by atoms with Crippen LogP contribution in [0.15, 0.2) is 24.3 Å². The van der Waals surface area contributed by atoms with E-state index in [2.05, 4.69) is 27.9 Å². The van der Waals surface area contributed by atoms with Crippen LogP contribution in [-0.2, 0) is 4.79 Å². The summed E-state index contributed by atoms with van der Waals surface area (Å²) in [7, 11) is 0. The van der Waals surface area contributed by atoms with Crippen LogP contribution >= 0.6 is 22.6 Å². The number of rotatable bonds is 3. The Labute approximate surface area is 116 Å². The lowest BCUT2D eigenvalue weighted by atomic mass is 10.1. The van der Waals surface area contributed by atoms with Gasteiger partial charge in [-0.15, -0.1) is 0 Å². The van der Waals surface area contributed by atoms with Gasteiger partial charge < -0.3 is 10.1 Å². The molecule has 0 radical (unpaired) electrons. The van der Waals surface area contributed by atoms with E-state index in [1.54, 1.807) is 6.92 Å². The first kappa shape index (κ1) is 14.3. The number of carbonyl (C=O) groups is 1. The molecule has 1 aromatic carbocycles. The third kappa shape index (κ3) is 5.39. The van der Waals surface area contributed by atoms with Crippen molar-refractivity contribution in [3.8, 4) is 5.75 Å². The summed E-state index contributed by atoms with van der Waals surface area (Å²) >= 11 is 2.21. The van der Waals surface area contributed by atoms with Gasteiger partial charge in [-0.1, -0.05) is 6.07 Å². The van der Waals surface area contributed by atoms with Crippen LogP contribution < -0.4 is 10.1 Å². The fraction of sp³-hybridized carbons (Fsp3) is 0.462. The second-order valence-electron chi connectivity index (χ2n) is 4.96. The summed E-state index contributed by atoms with van der Waals surface area (Å²) in [6.45, 7) is 7.59. The molecule has 0 spiro atoms. The highest BCUT2D eigenvalue weighted by atomic mass is 127. The Hall–Kier alpha value is -0.780. The van der Waals surface area contributed by atoms with Crippen LogP contribution in [0.2, 0.25) is 0 Å². The fourth-order valence-corrected chi connectivity index (χ4v) is 1.78. The van der Waals surface area contributed by atoms with Gasteiger partial charge in [0.05, 0.1) is 0 Å².